The van der Waals surface area contributed by atoms with Gasteiger partial charge in [-0.25, -0.2) is 14.6 Å². The van der Waals surface area contributed by atoms with Crippen LogP contribution in [-0.4, -0.2) is 109 Å². The van der Waals surface area contributed by atoms with E-state index >= 15 is 0 Å². The zero-order valence-electron chi connectivity index (χ0n) is 31.0. The predicted octanol–water partition coefficient (Wildman–Crippen LogP) is 2.69. The molecule has 284 valence electrons. The van der Waals surface area contributed by atoms with Crippen LogP contribution in [0.15, 0.2) is 24.4 Å². The Morgan fingerprint density at radius 2 is 1.79 bits per heavy atom. The maximum absolute atomic E-state index is 13.7. The Bertz CT molecular complexity index is 1640. The fourth-order valence-electron chi connectivity index (χ4n) is 6.35. The molecule has 0 radical (unpaired) electrons. The monoisotopic (exact) mass is 739 g/mol. The summed E-state index contributed by atoms with van der Waals surface area (Å²) >= 11 is 1.68. The first-order chi connectivity index (χ1) is 25.2. The van der Waals surface area contributed by atoms with Crippen LogP contribution < -0.4 is 30.3 Å². The fourth-order valence-corrected chi connectivity index (χ4v) is 7.35. The van der Waals surface area contributed by atoms with Crippen molar-refractivity contribution < 1.29 is 28.6 Å². The number of thiazole rings is 1. The summed E-state index contributed by atoms with van der Waals surface area (Å²) in [5.41, 5.74) is 0.896. The number of aromatic nitrogens is 4. The highest BCUT2D eigenvalue weighted by Gasteiger charge is 2.29. The number of benzene rings is 1. The topological polar surface area (TPSA) is 165 Å². The molecule has 52 heavy (non-hydrogen) atoms. The number of nitrogens with one attached hydrogen (secondary N) is 3. The third-order valence-corrected chi connectivity index (χ3v) is 10.5. The van der Waals surface area contributed by atoms with Crippen LogP contribution in [0.2, 0.25) is 0 Å². The van der Waals surface area contributed by atoms with Gasteiger partial charge in [-0.05, 0) is 49.9 Å². The number of morpholine rings is 1. The number of carbonyl (C=O) groups is 3. The van der Waals surface area contributed by atoms with Crippen molar-refractivity contribution in [3.8, 4) is 11.5 Å². The number of anilines is 1. The molecule has 2 aliphatic rings. The molecule has 2 aliphatic heterocycles. The molecule has 1 fully saturated rings. The lowest BCUT2D eigenvalue weighted by Gasteiger charge is -2.26. The second kappa shape index (κ2) is 19.0. The van der Waals surface area contributed by atoms with Crippen molar-refractivity contribution in [2.24, 2.45) is 5.92 Å². The third-order valence-electron chi connectivity index (χ3n) is 9.46. The second-order valence-corrected chi connectivity index (χ2v) is 14.5. The molecule has 3 atom stereocenters. The summed E-state index contributed by atoms with van der Waals surface area (Å²) in [7, 11) is 3.16. The number of nitrogens with zero attached hydrogens (tertiary/aromatic N) is 6. The van der Waals surface area contributed by atoms with E-state index < -0.39 is 12.1 Å². The maximum atomic E-state index is 13.7. The molecule has 0 bridgehead atoms. The van der Waals surface area contributed by atoms with Gasteiger partial charge in [-0.3, -0.25) is 19.3 Å². The standard InChI is InChI=1S/C36H53N9O6S/c1-6-24(2)33-35(48)39-25(3)34-40-30(20-26-10-11-28(49-4)29(19-26)50-5)42-45(34)23-32(47)37-12-8-14-43(13-7-9-31(46)41-33)22-27-21-38-36(52-27)44-15-17-51-18-16-44/h10-11,19,21,24-25,33H,6-9,12-18,20,22-23H2,1-5H3,(H,37,47)(H,39,48)(H,41,46)/t24-,25+,33-/m0/s1. The first kappa shape index (κ1) is 38.9. The number of amides is 3. The Morgan fingerprint density at radius 3 is 2.54 bits per heavy atom. The molecule has 0 aliphatic carbocycles. The molecule has 0 spiro atoms. The summed E-state index contributed by atoms with van der Waals surface area (Å²) in [5.74, 6) is 1.37. The lowest BCUT2D eigenvalue weighted by atomic mass is 9.97. The lowest BCUT2D eigenvalue weighted by Crippen LogP contribution is -2.51. The molecule has 1 saturated heterocycles. The molecule has 3 N–H and O–H groups in total. The zero-order chi connectivity index (χ0) is 37.0. The van der Waals surface area contributed by atoms with Crippen molar-refractivity contribution in [3.63, 3.8) is 0 Å². The van der Waals surface area contributed by atoms with Crippen LogP contribution in [0, 0.1) is 5.92 Å². The molecule has 0 saturated carbocycles. The number of rotatable bonds is 9. The number of fused-ring (bicyclic) bond motifs is 1. The van der Waals surface area contributed by atoms with E-state index in [1.165, 1.54) is 0 Å². The maximum Gasteiger partial charge on any atom is 0.243 e. The smallest absolute Gasteiger partial charge is 0.243 e. The Morgan fingerprint density at radius 1 is 1.02 bits per heavy atom. The molecule has 2 aromatic heterocycles. The Kier molecular flexibility index (Phi) is 14.2. The summed E-state index contributed by atoms with van der Waals surface area (Å²) in [6, 6.07) is 4.29. The van der Waals surface area contributed by atoms with Crippen molar-refractivity contribution in [1.29, 1.82) is 0 Å². The lowest BCUT2D eigenvalue weighted by molar-refractivity contribution is -0.130. The van der Waals surface area contributed by atoms with Gasteiger partial charge in [-0.1, -0.05) is 26.3 Å². The van der Waals surface area contributed by atoms with E-state index in [1.807, 2.05) is 45.2 Å². The van der Waals surface area contributed by atoms with Gasteiger partial charge in [0, 0.05) is 56.6 Å². The highest BCUT2D eigenvalue weighted by atomic mass is 32.1. The van der Waals surface area contributed by atoms with Crippen molar-refractivity contribution in [2.45, 2.75) is 78.0 Å². The highest BCUT2D eigenvalue weighted by Crippen LogP contribution is 2.29. The van der Waals surface area contributed by atoms with Crippen molar-refractivity contribution in [1.82, 2.24) is 40.6 Å². The van der Waals surface area contributed by atoms with E-state index in [-0.39, 0.29) is 30.2 Å². The number of hydrogen-bond acceptors (Lipinski definition) is 12. The second-order valence-electron chi connectivity index (χ2n) is 13.4. The molecule has 4 heterocycles. The Hall–Kier alpha value is -4.28. The largest absolute Gasteiger partial charge is 0.493 e. The minimum atomic E-state index is -0.725. The van der Waals surface area contributed by atoms with Gasteiger partial charge in [-0.2, -0.15) is 5.10 Å². The molecule has 15 nitrogen and oxygen atoms in total. The first-order valence-corrected chi connectivity index (χ1v) is 19.0. The molecule has 1 aromatic carbocycles. The minimum absolute atomic E-state index is 0.0606. The predicted molar refractivity (Wildman–Crippen MR) is 198 cm³/mol. The van der Waals surface area contributed by atoms with Crippen LogP contribution in [0.4, 0.5) is 5.13 Å². The van der Waals surface area contributed by atoms with Crippen LogP contribution in [0.5, 0.6) is 11.5 Å². The van der Waals surface area contributed by atoms with E-state index in [2.05, 4.69) is 30.7 Å². The molecular weight excluding hydrogens is 687 g/mol. The van der Waals surface area contributed by atoms with Gasteiger partial charge in [0.05, 0.1) is 33.5 Å². The zero-order valence-corrected chi connectivity index (χ0v) is 31.8. The summed E-state index contributed by atoms with van der Waals surface area (Å²) in [6.45, 7) is 11.3. The molecule has 0 unspecified atom stereocenters. The summed E-state index contributed by atoms with van der Waals surface area (Å²) in [4.78, 5) is 55.4. The fraction of sp³-hybridized carbons (Fsp3) is 0.611. The molecule has 5 rings (SSSR count). The van der Waals surface area contributed by atoms with Crippen molar-refractivity contribution >= 4 is 34.2 Å². The van der Waals surface area contributed by atoms with Gasteiger partial charge >= 0.3 is 0 Å². The first-order valence-electron chi connectivity index (χ1n) is 18.2. The number of methoxy groups -OCH3 is 2. The summed E-state index contributed by atoms with van der Waals surface area (Å²) < 4.78 is 17.9. The molecular formula is C36H53N9O6S. The van der Waals surface area contributed by atoms with E-state index in [0.717, 1.165) is 41.6 Å². The number of ether oxygens (including phenoxy) is 3. The Labute approximate surface area is 309 Å². The number of carbonyl (C=O) groups excluding carboxylic acids is 3. The SMILES string of the molecule is CC[C@H](C)[C@@H]1NC(=O)CCCN(Cc2cnc(N3CCOCC3)s2)CCCNC(=O)Cn2nc(Cc3ccc(OC)c(OC)c3)nc2[C@@H](C)NC1=O. The van der Waals surface area contributed by atoms with Gasteiger partial charge in [-0.15, -0.1) is 11.3 Å². The normalized spacial score (nSPS) is 20.9. The van der Waals surface area contributed by atoms with E-state index in [1.54, 1.807) is 30.2 Å². The van der Waals surface area contributed by atoms with Gasteiger partial charge in [0.15, 0.2) is 22.5 Å². The highest BCUT2D eigenvalue weighted by molar-refractivity contribution is 7.15. The van der Waals surface area contributed by atoms with Crippen molar-refractivity contribution in [2.75, 3.05) is 65.1 Å². The van der Waals surface area contributed by atoms with Crippen LogP contribution >= 0.6 is 11.3 Å². The Balaban J connectivity index is 1.33. The van der Waals surface area contributed by atoms with Crippen molar-refractivity contribution in [3.05, 3.63) is 46.5 Å². The van der Waals surface area contributed by atoms with Gasteiger partial charge in [0.25, 0.3) is 0 Å². The summed E-state index contributed by atoms with van der Waals surface area (Å²) in [6.07, 6.45) is 4.65. The van der Waals surface area contributed by atoms with E-state index in [0.29, 0.717) is 81.7 Å². The van der Waals surface area contributed by atoms with Crippen LogP contribution in [0.3, 0.4) is 0 Å². The van der Waals surface area contributed by atoms with Gasteiger partial charge in [0.2, 0.25) is 17.7 Å². The quantitative estimate of drug-likeness (QED) is 0.296. The average molecular weight is 740 g/mol. The van der Waals surface area contributed by atoms with Crippen LogP contribution in [-0.2, 0) is 38.6 Å². The van der Waals surface area contributed by atoms with Gasteiger partial charge < -0.3 is 35.1 Å². The van der Waals surface area contributed by atoms with E-state index in [9.17, 15) is 14.4 Å². The molecule has 16 heteroatoms. The number of hydrogen-bond donors (Lipinski definition) is 3. The van der Waals surface area contributed by atoms with Gasteiger partial charge in [0.1, 0.15) is 18.4 Å². The molecule has 3 aromatic rings. The third kappa shape index (κ3) is 10.6. The van der Waals surface area contributed by atoms with E-state index in [4.69, 9.17) is 24.3 Å². The average Bonchev–Trinajstić information content (AvgIpc) is 3.78. The molecule has 3 amide bonds. The minimum Gasteiger partial charge on any atom is -0.493 e. The van der Waals surface area contributed by atoms with Crippen LogP contribution in [0.1, 0.15) is 74.6 Å². The summed E-state index contributed by atoms with van der Waals surface area (Å²) in [5, 5.41) is 14.8. The van der Waals surface area contributed by atoms with Crippen LogP contribution in [0.25, 0.3) is 0 Å².